The van der Waals surface area contributed by atoms with Gasteiger partial charge in [0.25, 0.3) is 0 Å². The van der Waals surface area contributed by atoms with Gasteiger partial charge in [-0.15, -0.1) is 0 Å². The summed E-state index contributed by atoms with van der Waals surface area (Å²) >= 11 is 0. The highest BCUT2D eigenvalue weighted by Crippen LogP contribution is 2.35. The fourth-order valence-electron chi connectivity index (χ4n) is 2.64. The Morgan fingerprint density at radius 3 is 1.55 bits per heavy atom. The normalized spacial score (nSPS) is 21.6. The maximum absolute atomic E-state index is 12.7. The molecule has 0 spiro atoms. The summed E-state index contributed by atoms with van der Waals surface area (Å²) in [5, 5.41) is 9.02. The zero-order valence-electron chi connectivity index (χ0n) is 12.0. The predicted molar refractivity (Wildman–Crippen MR) is 74.3 cm³/mol. The Morgan fingerprint density at radius 1 is 0.800 bits per heavy atom. The van der Waals surface area contributed by atoms with Gasteiger partial charge in [0.1, 0.15) is 6.54 Å². The minimum absolute atomic E-state index is 0.0434. The minimum atomic E-state index is -0.906. The van der Waals surface area contributed by atoms with Crippen LogP contribution in [0.2, 0.25) is 0 Å². The van der Waals surface area contributed by atoms with Crippen molar-refractivity contribution in [3.8, 4) is 0 Å². The Kier molecular flexibility index (Phi) is 3.85. The van der Waals surface area contributed by atoms with Gasteiger partial charge in [0.05, 0.1) is 0 Å². The van der Waals surface area contributed by atoms with Gasteiger partial charge in [-0.25, -0.2) is 4.79 Å². The van der Waals surface area contributed by atoms with Crippen molar-refractivity contribution in [1.82, 2.24) is 9.80 Å². The number of hydrogen-bond acceptors (Lipinski definition) is 2. The molecule has 0 aromatic heterocycles. The van der Waals surface area contributed by atoms with Gasteiger partial charge in [0.2, 0.25) is 0 Å². The number of nitrogens with zero attached hydrogens (tertiary/aromatic N) is 2. The molecular formula is C15H24N2O3. The van der Waals surface area contributed by atoms with E-state index in [2.05, 4.69) is 0 Å². The van der Waals surface area contributed by atoms with Gasteiger partial charge >= 0.3 is 12.0 Å². The average Bonchev–Trinajstić information content (AvgIpc) is 3.23. The molecule has 0 saturated heterocycles. The van der Waals surface area contributed by atoms with Gasteiger partial charge in [0.15, 0.2) is 0 Å². The lowest BCUT2D eigenvalue weighted by atomic mass is 10.3. The van der Waals surface area contributed by atoms with Crippen molar-refractivity contribution in [2.75, 3.05) is 26.2 Å². The Morgan fingerprint density at radius 2 is 1.20 bits per heavy atom. The van der Waals surface area contributed by atoms with Gasteiger partial charge in [-0.2, -0.15) is 0 Å². The van der Waals surface area contributed by atoms with Gasteiger partial charge in [0, 0.05) is 19.6 Å². The molecule has 3 aliphatic rings. The summed E-state index contributed by atoms with van der Waals surface area (Å²) < 4.78 is 0. The molecule has 5 nitrogen and oxygen atoms in total. The first-order valence-electron chi connectivity index (χ1n) is 7.87. The molecule has 2 amide bonds. The van der Waals surface area contributed by atoms with E-state index >= 15 is 0 Å². The number of aliphatic carboxylic acids is 1. The van der Waals surface area contributed by atoms with Crippen molar-refractivity contribution in [3.63, 3.8) is 0 Å². The number of urea groups is 1. The molecule has 20 heavy (non-hydrogen) atoms. The number of rotatable bonds is 8. The SMILES string of the molecule is O=C(O)CN(CC1CC1)C(=O)N(CC1CC1)CC1CC1. The van der Waals surface area contributed by atoms with Crippen LogP contribution in [0.4, 0.5) is 4.79 Å². The second kappa shape index (κ2) is 5.62. The van der Waals surface area contributed by atoms with Crippen LogP contribution >= 0.6 is 0 Å². The highest BCUT2D eigenvalue weighted by Gasteiger charge is 2.35. The first-order chi connectivity index (χ1) is 9.61. The summed E-state index contributed by atoms with van der Waals surface area (Å²) in [6.07, 6.45) is 7.14. The van der Waals surface area contributed by atoms with E-state index in [1.165, 1.54) is 25.7 Å². The third-order valence-corrected chi connectivity index (χ3v) is 4.39. The Labute approximate surface area is 119 Å². The van der Waals surface area contributed by atoms with E-state index in [9.17, 15) is 9.59 Å². The first-order valence-corrected chi connectivity index (χ1v) is 7.87. The zero-order chi connectivity index (χ0) is 14.1. The maximum atomic E-state index is 12.7. The lowest BCUT2D eigenvalue weighted by Crippen LogP contribution is -2.47. The van der Waals surface area contributed by atoms with E-state index < -0.39 is 5.97 Å². The standard InChI is InChI=1S/C15H24N2O3/c18-14(19)10-17(9-13-5-6-13)15(20)16(7-11-1-2-11)8-12-3-4-12/h11-13H,1-10H2,(H,18,19). The molecule has 0 heterocycles. The average molecular weight is 280 g/mol. The molecule has 3 aliphatic carbocycles. The quantitative estimate of drug-likeness (QED) is 0.740. The van der Waals surface area contributed by atoms with E-state index in [0.29, 0.717) is 24.3 Å². The van der Waals surface area contributed by atoms with Crippen LogP contribution in [0.5, 0.6) is 0 Å². The summed E-state index contributed by atoms with van der Waals surface area (Å²) in [6, 6.07) is -0.0434. The minimum Gasteiger partial charge on any atom is -0.480 e. The third-order valence-electron chi connectivity index (χ3n) is 4.39. The monoisotopic (exact) mass is 280 g/mol. The number of carbonyl (C=O) groups excluding carboxylic acids is 1. The zero-order valence-corrected chi connectivity index (χ0v) is 12.0. The summed E-state index contributed by atoms with van der Waals surface area (Å²) in [5.41, 5.74) is 0. The molecule has 0 aliphatic heterocycles. The molecule has 3 saturated carbocycles. The van der Waals surface area contributed by atoms with Crippen LogP contribution < -0.4 is 0 Å². The van der Waals surface area contributed by atoms with Gasteiger partial charge in [-0.1, -0.05) is 0 Å². The van der Waals surface area contributed by atoms with E-state index in [4.69, 9.17) is 5.11 Å². The lowest BCUT2D eigenvalue weighted by molar-refractivity contribution is -0.137. The number of carboxylic acids is 1. The highest BCUT2D eigenvalue weighted by atomic mass is 16.4. The van der Waals surface area contributed by atoms with Gasteiger partial charge < -0.3 is 14.9 Å². The molecule has 0 atom stereocenters. The molecule has 0 radical (unpaired) electrons. The smallest absolute Gasteiger partial charge is 0.323 e. The third kappa shape index (κ3) is 4.12. The van der Waals surface area contributed by atoms with Crippen molar-refractivity contribution in [1.29, 1.82) is 0 Å². The molecular weight excluding hydrogens is 256 g/mol. The number of amides is 2. The molecule has 1 N–H and O–H groups in total. The summed E-state index contributed by atoms with van der Waals surface area (Å²) in [7, 11) is 0. The molecule has 0 aromatic carbocycles. The lowest BCUT2D eigenvalue weighted by Gasteiger charge is -2.30. The highest BCUT2D eigenvalue weighted by molar-refractivity contribution is 5.80. The Bertz CT molecular complexity index is 373. The second-order valence-electron chi connectivity index (χ2n) is 6.79. The Balaban J connectivity index is 1.60. The fraction of sp³-hybridized carbons (Fsp3) is 0.867. The van der Waals surface area contributed by atoms with E-state index in [0.717, 1.165) is 25.9 Å². The predicted octanol–water partition coefficient (Wildman–Crippen LogP) is 2.02. The first kappa shape index (κ1) is 13.7. The molecule has 3 rings (SSSR count). The van der Waals surface area contributed by atoms with Crippen molar-refractivity contribution in [2.45, 2.75) is 38.5 Å². The molecule has 0 aromatic rings. The molecule has 3 fully saturated rings. The Hall–Kier alpha value is -1.26. The van der Waals surface area contributed by atoms with Crippen LogP contribution in [0.1, 0.15) is 38.5 Å². The molecule has 5 heteroatoms. The van der Waals surface area contributed by atoms with Crippen LogP contribution in [0, 0.1) is 17.8 Å². The molecule has 112 valence electrons. The molecule has 0 bridgehead atoms. The van der Waals surface area contributed by atoms with Crippen molar-refractivity contribution >= 4 is 12.0 Å². The van der Waals surface area contributed by atoms with E-state index in [1.807, 2.05) is 4.90 Å². The topological polar surface area (TPSA) is 60.9 Å². The number of hydrogen-bond donors (Lipinski definition) is 1. The van der Waals surface area contributed by atoms with Crippen molar-refractivity contribution in [3.05, 3.63) is 0 Å². The van der Waals surface area contributed by atoms with E-state index in [1.54, 1.807) is 4.90 Å². The van der Waals surface area contributed by atoms with Crippen LogP contribution in [-0.2, 0) is 4.79 Å². The van der Waals surface area contributed by atoms with Gasteiger partial charge in [-0.3, -0.25) is 4.79 Å². The van der Waals surface area contributed by atoms with Crippen molar-refractivity contribution < 1.29 is 14.7 Å². The summed E-state index contributed by atoms with van der Waals surface area (Å²) in [5.74, 6) is 0.939. The maximum Gasteiger partial charge on any atom is 0.323 e. The largest absolute Gasteiger partial charge is 0.480 e. The number of carboxylic acid groups (broad SMARTS) is 1. The number of carbonyl (C=O) groups is 2. The summed E-state index contributed by atoms with van der Waals surface area (Å²) in [4.78, 5) is 27.1. The summed E-state index contributed by atoms with van der Waals surface area (Å²) in [6.45, 7) is 2.13. The van der Waals surface area contributed by atoms with Crippen LogP contribution in [-0.4, -0.2) is 53.1 Å². The van der Waals surface area contributed by atoms with Crippen LogP contribution in [0.25, 0.3) is 0 Å². The van der Waals surface area contributed by atoms with Crippen molar-refractivity contribution in [2.24, 2.45) is 17.8 Å². The van der Waals surface area contributed by atoms with Gasteiger partial charge in [-0.05, 0) is 56.3 Å². The van der Waals surface area contributed by atoms with Crippen LogP contribution in [0.15, 0.2) is 0 Å². The fourth-order valence-corrected chi connectivity index (χ4v) is 2.64. The second-order valence-corrected chi connectivity index (χ2v) is 6.79. The molecule has 0 unspecified atom stereocenters. The van der Waals surface area contributed by atoms with E-state index in [-0.39, 0.29) is 12.6 Å². The van der Waals surface area contributed by atoms with Crippen LogP contribution in [0.3, 0.4) is 0 Å².